The van der Waals surface area contributed by atoms with E-state index in [4.69, 9.17) is 4.74 Å². The van der Waals surface area contributed by atoms with Crippen molar-refractivity contribution in [1.29, 1.82) is 0 Å². The van der Waals surface area contributed by atoms with Crippen molar-refractivity contribution < 1.29 is 9.53 Å². The van der Waals surface area contributed by atoms with Crippen molar-refractivity contribution in [2.75, 3.05) is 26.7 Å². The van der Waals surface area contributed by atoms with Crippen molar-refractivity contribution >= 4 is 17.1 Å². The summed E-state index contributed by atoms with van der Waals surface area (Å²) in [5.41, 5.74) is 1.79. The summed E-state index contributed by atoms with van der Waals surface area (Å²) in [6.07, 6.45) is 4.83. The van der Waals surface area contributed by atoms with E-state index in [-0.39, 0.29) is 23.4 Å². The molecule has 1 atom stereocenters. The van der Waals surface area contributed by atoms with Crippen molar-refractivity contribution in [2.45, 2.75) is 25.4 Å². The first-order valence-electron chi connectivity index (χ1n) is 13.1. The highest BCUT2D eigenvalue weighted by molar-refractivity contribution is 5.79. The van der Waals surface area contributed by atoms with E-state index < -0.39 is 5.69 Å². The number of piperidine rings is 1. The van der Waals surface area contributed by atoms with Crippen LogP contribution in [-0.2, 0) is 25.4 Å². The molecule has 1 aliphatic heterocycles. The van der Waals surface area contributed by atoms with E-state index in [9.17, 15) is 14.4 Å². The summed E-state index contributed by atoms with van der Waals surface area (Å²) in [6.45, 7) is 2.84. The normalized spacial score (nSPS) is 15.4. The highest BCUT2D eigenvalue weighted by Gasteiger charge is 2.28. The van der Waals surface area contributed by atoms with Crippen molar-refractivity contribution in [3.05, 3.63) is 87.1 Å². The number of rotatable bonds is 8. The molecule has 1 aromatic carbocycles. The van der Waals surface area contributed by atoms with E-state index in [0.29, 0.717) is 24.3 Å². The molecule has 1 aliphatic rings. The summed E-state index contributed by atoms with van der Waals surface area (Å²) in [6, 6.07) is 13.0. The number of benzene rings is 1. The molecule has 1 saturated heterocycles. The number of amides is 1. The Morgan fingerprint density at radius 1 is 1.03 bits per heavy atom. The summed E-state index contributed by atoms with van der Waals surface area (Å²) >= 11 is 0. The molecule has 1 amide bonds. The molecular weight excluding hydrogens is 498 g/mol. The number of hydrogen-bond donors (Lipinski definition) is 1. The minimum Gasteiger partial charge on any atom is -0.497 e. The van der Waals surface area contributed by atoms with Crippen LogP contribution in [0, 0.1) is 5.92 Å². The number of nitrogens with one attached hydrogen (secondary N) is 1. The second-order valence-electron chi connectivity index (χ2n) is 9.90. The molecule has 4 aromatic rings. The summed E-state index contributed by atoms with van der Waals surface area (Å²) in [5, 5.41) is 3.23. The number of hydrogen-bond acceptors (Lipinski definition) is 7. The lowest BCUT2D eigenvalue weighted by molar-refractivity contribution is -0.127. The van der Waals surface area contributed by atoms with Gasteiger partial charge in [0, 0.05) is 39.3 Å². The van der Waals surface area contributed by atoms with Crippen LogP contribution >= 0.6 is 0 Å². The molecule has 5 rings (SSSR count). The number of fused-ring (bicyclic) bond motifs is 1. The van der Waals surface area contributed by atoms with Gasteiger partial charge in [-0.15, -0.1) is 0 Å². The van der Waals surface area contributed by atoms with Gasteiger partial charge in [-0.05, 0) is 55.8 Å². The first-order valence-corrected chi connectivity index (χ1v) is 13.1. The monoisotopic (exact) mass is 531 g/mol. The summed E-state index contributed by atoms with van der Waals surface area (Å²) < 4.78 is 9.59. The lowest BCUT2D eigenvalue weighted by atomic mass is 9.94. The number of likely N-dealkylation sites (tertiary alicyclic amines) is 1. The van der Waals surface area contributed by atoms with E-state index in [1.54, 1.807) is 26.7 Å². The lowest BCUT2D eigenvalue weighted by Crippen LogP contribution is -2.42. The molecule has 0 aliphatic carbocycles. The molecular formula is C28H33N7O4. The number of carbonyl (C=O) groups is 1. The summed E-state index contributed by atoms with van der Waals surface area (Å²) in [4.78, 5) is 49.3. The molecule has 39 heavy (non-hydrogen) atoms. The van der Waals surface area contributed by atoms with E-state index in [1.165, 1.54) is 11.6 Å². The molecule has 11 heteroatoms. The molecule has 0 bridgehead atoms. The molecule has 0 saturated carbocycles. The van der Waals surface area contributed by atoms with Crippen molar-refractivity contribution in [3.63, 3.8) is 0 Å². The van der Waals surface area contributed by atoms with Crippen LogP contribution in [0.25, 0.3) is 11.2 Å². The van der Waals surface area contributed by atoms with E-state index in [2.05, 4.69) is 20.2 Å². The second kappa shape index (κ2) is 11.2. The SMILES string of the molecule is COc1ccc(C(NC(=O)C2CCN(CCn3cnc4c3c(=O)n(C)c(=O)n4C)CC2)c2ccccn2)cc1. The zero-order chi connectivity index (χ0) is 27.5. The third kappa shape index (κ3) is 5.35. The quantitative estimate of drug-likeness (QED) is 0.366. The van der Waals surface area contributed by atoms with Crippen LogP contribution in [0.4, 0.5) is 0 Å². The van der Waals surface area contributed by atoms with Gasteiger partial charge in [-0.25, -0.2) is 9.78 Å². The van der Waals surface area contributed by atoms with E-state index >= 15 is 0 Å². The van der Waals surface area contributed by atoms with E-state index in [1.807, 2.05) is 47.0 Å². The number of ether oxygens (including phenoxy) is 1. The molecule has 0 spiro atoms. The highest BCUT2D eigenvalue weighted by atomic mass is 16.5. The fourth-order valence-electron chi connectivity index (χ4n) is 5.17. The predicted octanol–water partition coefficient (Wildman–Crippen LogP) is 1.46. The van der Waals surface area contributed by atoms with Crippen LogP contribution < -0.4 is 21.3 Å². The van der Waals surface area contributed by atoms with E-state index in [0.717, 1.165) is 47.5 Å². The Balaban J connectivity index is 1.21. The van der Waals surface area contributed by atoms with Gasteiger partial charge in [-0.2, -0.15) is 0 Å². The maximum absolute atomic E-state index is 13.3. The fraction of sp³-hybridized carbons (Fsp3) is 0.393. The van der Waals surface area contributed by atoms with Gasteiger partial charge in [0.25, 0.3) is 5.56 Å². The van der Waals surface area contributed by atoms with Gasteiger partial charge in [-0.1, -0.05) is 18.2 Å². The Labute approximate surface area is 225 Å². The van der Waals surface area contributed by atoms with Crippen LogP contribution in [-0.4, -0.2) is 61.2 Å². The van der Waals surface area contributed by atoms with Crippen LogP contribution in [0.1, 0.15) is 30.1 Å². The standard InChI is InChI=1S/C28H33N7O4/c1-32-25-24(27(37)33(2)28(32)38)35(18-30-25)17-16-34-14-11-20(12-15-34)26(36)31-23(22-6-4-5-13-29-22)19-7-9-21(39-3)10-8-19/h4-10,13,18,20,23H,11-12,14-17H2,1-3H3,(H,31,36). The fourth-order valence-corrected chi connectivity index (χ4v) is 5.17. The number of imidazole rings is 1. The average molecular weight is 532 g/mol. The lowest BCUT2D eigenvalue weighted by Gasteiger charge is -2.32. The predicted molar refractivity (Wildman–Crippen MR) is 147 cm³/mol. The molecule has 1 fully saturated rings. The first kappa shape index (κ1) is 26.4. The van der Waals surface area contributed by atoms with Crippen molar-refractivity contribution in [2.24, 2.45) is 20.0 Å². The molecule has 11 nitrogen and oxygen atoms in total. The number of aryl methyl sites for hydroxylation is 1. The molecule has 4 heterocycles. The molecule has 1 N–H and O–H groups in total. The topological polar surface area (TPSA) is 116 Å². The zero-order valence-corrected chi connectivity index (χ0v) is 22.4. The van der Waals surface area contributed by atoms with Gasteiger partial charge in [-0.3, -0.25) is 23.7 Å². The number of nitrogens with zero attached hydrogens (tertiary/aromatic N) is 6. The summed E-state index contributed by atoms with van der Waals surface area (Å²) in [7, 11) is 4.72. The Bertz CT molecular complexity index is 1570. The Hall–Kier alpha value is -4.25. The molecule has 3 aromatic heterocycles. The number of methoxy groups -OCH3 is 1. The first-order chi connectivity index (χ1) is 18.9. The third-order valence-electron chi connectivity index (χ3n) is 7.55. The maximum Gasteiger partial charge on any atom is 0.332 e. The van der Waals surface area contributed by atoms with Crippen molar-refractivity contribution in [3.8, 4) is 5.75 Å². The van der Waals surface area contributed by atoms with Crippen molar-refractivity contribution in [1.82, 2.24) is 33.9 Å². The van der Waals surface area contributed by atoms with Gasteiger partial charge in [0.2, 0.25) is 5.91 Å². The minimum absolute atomic E-state index is 0.0196. The Kier molecular flexibility index (Phi) is 7.60. The number of carbonyl (C=O) groups excluding carboxylic acids is 1. The van der Waals surface area contributed by atoms with Crippen LogP contribution in [0.15, 0.2) is 64.6 Å². The maximum atomic E-state index is 13.3. The number of aromatic nitrogens is 5. The van der Waals surface area contributed by atoms with Gasteiger partial charge in [0.15, 0.2) is 11.2 Å². The number of pyridine rings is 1. The van der Waals surface area contributed by atoms with Gasteiger partial charge in [0.05, 0.1) is 25.2 Å². The van der Waals surface area contributed by atoms with Gasteiger partial charge in [0.1, 0.15) is 5.75 Å². The summed E-state index contributed by atoms with van der Waals surface area (Å²) in [5.74, 6) is 0.679. The largest absolute Gasteiger partial charge is 0.497 e. The van der Waals surface area contributed by atoms with Crippen LogP contribution in [0.5, 0.6) is 5.75 Å². The third-order valence-corrected chi connectivity index (χ3v) is 7.55. The second-order valence-corrected chi connectivity index (χ2v) is 9.90. The van der Waals surface area contributed by atoms with Gasteiger partial charge >= 0.3 is 5.69 Å². The van der Waals surface area contributed by atoms with Crippen LogP contribution in [0.2, 0.25) is 0 Å². The average Bonchev–Trinajstić information content (AvgIpc) is 3.41. The molecule has 0 radical (unpaired) electrons. The minimum atomic E-state index is -0.393. The molecule has 204 valence electrons. The Morgan fingerprint density at radius 3 is 2.44 bits per heavy atom. The van der Waals surface area contributed by atoms with Crippen LogP contribution in [0.3, 0.4) is 0 Å². The van der Waals surface area contributed by atoms with Gasteiger partial charge < -0.3 is 19.5 Å². The highest BCUT2D eigenvalue weighted by Crippen LogP contribution is 2.25. The smallest absolute Gasteiger partial charge is 0.332 e. The molecule has 1 unspecified atom stereocenters. The Morgan fingerprint density at radius 2 is 1.77 bits per heavy atom. The zero-order valence-electron chi connectivity index (χ0n) is 22.4.